The molecule has 0 saturated carbocycles. The highest BCUT2D eigenvalue weighted by Gasteiger charge is 2.33. The minimum atomic E-state index is 0.525. The van der Waals surface area contributed by atoms with Gasteiger partial charge in [0.15, 0.2) is 0 Å². The van der Waals surface area contributed by atoms with Crippen LogP contribution in [0.5, 0.6) is 0 Å². The Morgan fingerprint density at radius 1 is 1.33 bits per heavy atom. The molecule has 2 heterocycles. The van der Waals surface area contributed by atoms with Gasteiger partial charge in [-0.25, -0.2) is 0 Å². The Kier molecular flexibility index (Phi) is 2.29. The minimum absolute atomic E-state index is 0.525. The lowest BCUT2D eigenvalue weighted by Crippen LogP contribution is -2.54. The first-order chi connectivity index (χ1) is 5.92. The summed E-state index contributed by atoms with van der Waals surface area (Å²) in [5, 5.41) is 8.64. The van der Waals surface area contributed by atoms with E-state index in [4.69, 9.17) is 10.00 Å². The van der Waals surface area contributed by atoms with Crippen molar-refractivity contribution < 1.29 is 4.74 Å². The van der Waals surface area contributed by atoms with Crippen LogP contribution in [0.2, 0.25) is 0 Å². The van der Waals surface area contributed by atoms with Gasteiger partial charge in [-0.1, -0.05) is 6.42 Å². The third kappa shape index (κ3) is 1.33. The van der Waals surface area contributed by atoms with Crippen molar-refractivity contribution >= 4 is 0 Å². The van der Waals surface area contributed by atoms with Gasteiger partial charge in [0.2, 0.25) is 0 Å². The fourth-order valence-corrected chi connectivity index (χ4v) is 2.26. The van der Waals surface area contributed by atoms with Crippen LogP contribution in [-0.4, -0.2) is 36.7 Å². The van der Waals surface area contributed by atoms with Crippen LogP contribution in [0, 0.1) is 11.3 Å². The Labute approximate surface area is 72.9 Å². The van der Waals surface area contributed by atoms with E-state index in [0.29, 0.717) is 18.6 Å². The maximum atomic E-state index is 8.64. The number of hydrogen-bond acceptors (Lipinski definition) is 3. The van der Waals surface area contributed by atoms with E-state index in [0.717, 1.165) is 13.2 Å². The number of nitriles is 1. The average Bonchev–Trinajstić information content (AvgIpc) is 2.04. The Morgan fingerprint density at radius 3 is 2.58 bits per heavy atom. The molecule has 2 fully saturated rings. The molecule has 0 aromatic carbocycles. The highest BCUT2D eigenvalue weighted by atomic mass is 16.5. The molecule has 0 N–H and O–H groups in total. The molecular formula is C9H14N2O. The molecule has 2 unspecified atom stereocenters. The largest absolute Gasteiger partial charge is 0.378 e. The Morgan fingerprint density at radius 2 is 2.00 bits per heavy atom. The smallest absolute Gasteiger partial charge is 0.0872 e. The highest BCUT2D eigenvalue weighted by Crippen LogP contribution is 2.26. The van der Waals surface area contributed by atoms with E-state index in [1.807, 2.05) is 0 Å². The lowest BCUT2D eigenvalue weighted by molar-refractivity contribution is -0.0666. The molecule has 2 atom stereocenters. The van der Waals surface area contributed by atoms with E-state index < -0.39 is 0 Å². The van der Waals surface area contributed by atoms with E-state index in [-0.39, 0.29) is 0 Å². The molecule has 0 spiro atoms. The topological polar surface area (TPSA) is 36.3 Å². The number of nitrogens with zero attached hydrogens (tertiary/aromatic N) is 2. The standard InChI is InChI=1S/C9H14N2O/c10-4-5-11-8-2-1-3-9(11)7-12-6-8/h8-9H,1-3,5-7H2. The molecule has 0 amide bonds. The first kappa shape index (κ1) is 8.03. The molecule has 2 bridgehead atoms. The number of hydrogen-bond donors (Lipinski definition) is 0. The van der Waals surface area contributed by atoms with E-state index >= 15 is 0 Å². The van der Waals surface area contributed by atoms with Gasteiger partial charge in [-0.3, -0.25) is 4.90 Å². The molecule has 0 aromatic heterocycles. The van der Waals surface area contributed by atoms with Crippen molar-refractivity contribution in [2.75, 3.05) is 19.8 Å². The first-order valence-corrected chi connectivity index (χ1v) is 4.62. The molecule has 3 heteroatoms. The van der Waals surface area contributed by atoms with Gasteiger partial charge in [-0.2, -0.15) is 5.26 Å². The Bertz CT molecular complexity index is 177. The predicted molar refractivity (Wildman–Crippen MR) is 44.6 cm³/mol. The monoisotopic (exact) mass is 166 g/mol. The van der Waals surface area contributed by atoms with Crippen LogP contribution < -0.4 is 0 Å². The lowest BCUT2D eigenvalue weighted by Gasteiger charge is -2.44. The predicted octanol–water partition coefficient (Wildman–Crippen LogP) is 0.763. The fraction of sp³-hybridized carbons (Fsp3) is 0.889. The summed E-state index contributed by atoms with van der Waals surface area (Å²) in [5.74, 6) is 0. The second-order valence-electron chi connectivity index (χ2n) is 3.61. The molecule has 2 aliphatic rings. The van der Waals surface area contributed by atoms with Gasteiger partial charge in [-0.15, -0.1) is 0 Å². The number of ether oxygens (including phenoxy) is 1. The van der Waals surface area contributed by atoms with E-state index in [9.17, 15) is 0 Å². The van der Waals surface area contributed by atoms with Crippen LogP contribution in [0.4, 0.5) is 0 Å². The molecule has 2 aliphatic heterocycles. The number of rotatable bonds is 1. The summed E-state index contributed by atoms with van der Waals surface area (Å²) in [7, 11) is 0. The van der Waals surface area contributed by atoms with Crippen LogP contribution in [0.15, 0.2) is 0 Å². The van der Waals surface area contributed by atoms with Gasteiger partial charge in [0.1, 0.15) is 0 Å². The second kappa shape index (κ2) is 3.42. The van der Waals surface area contributed by atoms with Crippen LogP contribution >= 0.6 is 0 Å². The third-order valence-electron chi connectivity index (χ3n) is 2.89. The van der Waals surface area contributed by atoms with E-state index in [2.05, 4.69) is 11.0 Å². The zero-order chi connectivity index (χ0) is 8.39. The average molecular weight is 166 g/mol. The Balaban J connectivity index is 2.04. The molecule has 12 heavy (non-hydrogen) atoms. The first-order valence-electron chi connectivity index (χ1n) is 4.62. The van der Waals surface area contributed by atoms with E-state index in [1.165, 1.54) is 19.3 Å². The normalized spacial score (nSPS) is 35.9. The molecule has 0 radical (unpaired) electrons. The van der Waals surface area contributed by atoms with Gasteiger partial charge in [-0.05, 0) is 12.8 Å². The van der Waals surface area contributed by atoms with Crippen molar-refractivity contribution in [3.05, 3.63) is 0 Å². The minimum Gasteiger partial charge on any atom is -0.378 e. The zero-order valence-corrected chi connectivity index (χ0v) is 7.20. The number of fused-ring (bicyclic) bond motifs is 2. The van der Waals surface area contributed by atoms with Crippen LogP contribution in [0.25, 0.3) is 0 Å². The number of morpholine rings is 1. The van der Waals surface area contributed by atoms with Gasteiger partial charge < -0.3 is 4.74 Å². The quantitative estimate of drug-likeness (QED) is 0.540. The Hall–Kier alpha value is -0.590. The lowest BCUT2D eigenvalue weighted by atomic mass is 9.94. The summed E-state index contributed by atoms with van der Waals surface area (Å²) in [4.78, 5) is 2.31. The molecule has 0 aliphatic carbocycles. The van der Waals surface area contributed by atoms with Crippen molar-refractivity contribution in [2.45, 2.75) is 31.3 Å². The van der Waals surface area contributed by atoms with Crippen molar-refractivity contribution in [1.29, 1.82) is 5.26 Å². The molecule has 2 saturated heterocycles. The van der Waals surface area contributed by atoms with Gasteiger partial charge >= 0.3 is 0 Å². The van der Waals surface area contributed by atoms with Crippen molar-refractivity contribution in [3.8, 4) is 6.07 Å². The molecule has 3 nitrogen and oxygen atoms in total. The molecule has 66 valence electrons. The fourth-order valence-electron chi connectivity index (χ4n) is 2.26. The summed E-state index contributed by atoms with van der Waals surface area (Å²) in [6.45, 7) is 2.25. The van der Waals surface area contributed by atoms with Crippen LogP contribution in [0.1, 0.15) is 19.3 Å². The summed E-state index contributed by atoms with van der Waals surface area (Å²) in [5.41, 5.74) is 0. The SMILES string of the molecule is N#CCN1C2CCCC1COC2. The summed E-state index contributed by atoms with van der Waals surface area (Å²) >= 11 is 0. The maximum Gasteiger partial charge on any atom is 0.0872 e. The second-order valence-corrected chi connectivity index (χ2v) is 3.61. The highest BCUT2D eigenvalue weighted by molar-refractivity contribution is 4.92. The third-order valence-corrected chi connectivity index (χ3v) is 2.89. The van der Waals surface area contributed by atoms with Gasteiger partial charge in [0.05, 0.1) is 25.8 Å². The van der Waals surface area contributed by atoms with Crippen molar-refractivity contribution in [2.24, 2.45) is 0 Å². The van der Waals surface area contributed by atoms with Gasteiger partial charge in [0.25, 0.3) is 0 Å². The van der Waals surface area contributed by atoms with E-state index in [1.54, 1.807) is 0 Å². The van der Waals surface area contributed by atoms with Crippen molar-refractivity contribution in [1.82, 2.24) is 4.90 Å². The molecule has 2 rings (SSSR count). The molecular weight excluding hydrogens is 152 g/mol. The van der Waals surface area contributed by atoms with Crippen molar-refractivity contribution in [3.63, 3.8) is 0 Å². The maximum absolute atomic E-state index is 8.64. The van der Waals surface area contributed by atoms with Crippen LogP contribution in [-0.2, 0) is 4.74 Å². The van der Waals surface area contributed by atoms with Crippen LogP contribution in [0.3, 0.4) is 0 Å². The summed E-state index contributed by atoms with van der Waals surface area (Å²) in [6.07, 6.45) is 3.72. The summed E-state index contributed by atoms with van der Waals surface area (Å²) < 4.78 is 5.46. The van der Waals surface area contributed by atoms with Gasteiger partial charge in [0, 0.05) is 12.1 Å². The summed E-state index contributed by atoms with van der Waals surface area (Å²) in [6, 6.07) is 3.29. The molecule has 0 aromatic rings. The zero-order valence-electron chi connectivity index (χ0n) is 7.20. The number of piperidine rings is 1.